The summed E-state index contributed by atoms with van der Waals surface area (Å²) in [6.07, 6.45) is 2.35. The van der Waals surface area contributed by atoms with Crippen LogP contribution in [0.5, 0.6) is 0 Å². The number of rotatable bonds is 2. The number of alkyl halides is 3. The molecule has 1 aromatic carbocycles. The summed E-state index contributed by atoms with van der Waals surface area (Å²) in [5.41, 5.74) is 0.969. The van der Waals surface area contributed by atoms with Crippen LogP contribution in [-0.2, 0) is 8.59 Å². The standard InChI is InChI=1S/C10H6Cl4O2/c11-8-5-7(10(12,13)14)3-1-6(8)2-4-9(15)16/h1-5H,(H,15,16)/b4-2+. The summed E-state index contributed by atoms with van der Waals surface area (Å²) in [4.78, 5) is 10.3. The molecule has 0 saturated carbocycles. The van der Waals surface area contributed by atoms with Crippen LogP contribution in [0.4, 0.5) is 0 Å². The summed E-state index contributed by atoms with van der Waals surface area (Å²) in [6.45, 7) is 0. The van der Waals surface area contributed by atoms with Crippen molar-refractivity contribution in [3.8, 4) is 0 Å². The third-order valence-corrected chi connectivity index (χ3v) is 2.72. The smallest absolute Gasteiger partial charge is 0.328 e. The highest BCUT2D eigenvalue weighted by atomic mass is 35.6. The zero-order valence-corrected chi connectivity index (χ0v) is 10.8. The molecule has 1 aromatic rings. The Morgan fingerprint density at radius 2 is 1.94 bits per heavy atom. The molecule has 0 aliphatic carbocycles. The molecule has 0 heterocycles. The monoisotopic (exact) mass is 298 g/mol. The highest BCUT2D eigenvalue weighted by Crippen LogP contribution is 2.39. The fourth-order valence-electron chi connectivity index (χ4n) is 1.000. The number of hydrogen-bond donors (Lipinski definition) is 1. The Hall–Kier alpha value is -0.410. The maximum absolute atomic E-state index is 10.3. The summed E-state index contributed by atoms with van der Waals surface area (Å²) in [5, 5.41) is 8.78. The second-order valence-electron chi connectivity index (χ2n) is 2.91. The highest BCUT2D eigenvalue weighted by Gasteiger charge is 2.23. The predicted octanol–water partition coefficient (Wildman–Crippen LogP) is 4.26. The Kier molecular flexibility index (Phi) is 4.51. The van der Waals surface area contributed by atoms with Gasteiger partial charge in [-0.2, -0.15) is 0 Å². The van der Waals surface area contributed by atoms with Crippen molar-refractivity contribution in [3.05, 3.63) is 40.4 Å². The van der Waals surface area contributed by atoms with E-state index in [1.54, 1.807) is 12.1 Å². The molecule has 1 N–H and O–H groups in total. The number of carboxylic acid groups (broad SMARTS) is 1. The molecule has 0 radical (unpaired) electrons. The minimum atomic E-state index is -1.54. The van der Waals surface area contributed by atoms with Gasteiger partial charge in [0, 0.05) is 16.7 Å². The largest absolute Gasteiger partial charge is 0.478 e. The van der Waals surface area contributed by atoms with E-state index in [2.05, 4.69) is 0 Å². The van der Waals surface area contributed by atoms with Crippen LogP contribution in [0.1, 0.15) is 11.1 Å². The van der Waals surface area contributed by atoms with Crippen LogP contribution in [0.3, 0.4) is 0 Å². The average Bonchev–Trinajstić information content (AvgIpc) is 2.14. The van der Waals surface area contributed by atoms with Gasteiger partial charge in [0.2, 0.25) is 3.79 Å². The van der Waals surface area contributed by atoms with Crippen molar-refractivity contribution >= 4 is 58.4 Å². The van der Waals surface area contributed by atoms with Crippen molar-refractivity contribution in [2.45, 2.75) is 3.79 Å². The number of benzene rings is 1. The van der Waals surface area contributed by atoms with E-state index in [-0.39, 0.29) is 0 Å². The molecule has 0 unspecified atom stereocenters. The van der Waals surface area contributed by atoms with Crippen molar-refractivity contribution in [3.63, 3.8) is 0 Å². The molecule has 0 fully saturated rings. The minimum Gasteiger partial charge on any atom is -0.478 e. The van der Waals surface area contributed by atoms with Crippen LogP contribution >= 0.6 is 46.4 Å². The molecular formula is C10H6Cl4O2. The zero-order chi connectivity index (χ0) is 12.3. The van der Waals surface area contributed by atoms with E-state index in [9.17, 15) is 4.79 Å². The van der Waals surface area contributed by atoms with Gasteiger partial charge >= 0.3 is 5.97 Å². The summed E-state index contributed by atoms with van der Waals surface area (Å²) < 4.78 is -1.54. The van der Waals surface area contributed by atoms with E-state index in [1.165, 1.54) is 12.1 Å². The van der Waals surface area contributed by atoms with E-state index in [4.69, 9.17) is 51.5 Å². The number of carboxylic acids is 1. The first kappa shape index (κ1) is 13.7. The molecule has 86 valence electrons. The zero-order valence-electron chi connectivity index (χ0n) is 7.75. The molecule has 0 spiro atoms. The van der Waals surface area contributed by atoms with Gasteiger partial charge in [0.05, 0.1) is 0 Å². The van der Waals surface area contributed by atoms with Gasteiger partial charge in [0.15, 0.2) is 0 Å². The van der Waals surface area contributed by atoms with Crippen LogP contribution in [0.2, 0.25) is 5.02 Å². The van der Waals surface area contributed by atoms with Gasteiger partial charge in [-0.15, -0.1) is 0 Å². The second kappa shape index (κ2) is 5.28. The Morgan fingerprint density at radius 1 is 1.31 bits per heavy atom. The van der Waals surface area contributed by atoms with E-state index >= 15 is 0 Å². The van der Waals surface area contributed by atoms with Crippen LogP contribution in [-0.4, -0.2) is 11.1 Å². The molecule has 0 aromatic heterocycles. The maximum Gasteiger partial charge on any atom is 0.328 e. The lowest BCUT2D eigenvalue weighted by Gasteiger charge is -2.12. The van der Waals surface area contributed by atoms with Gasteiger partial charge in [-0.1, -0.05) is 58.5 Å². The lowest BCUT2D eigenvalue weighted by molar-refractivity contribution is -0.131. The molecule has 0 saturated heterocycles. The van der Waals surface area contributed by atoms with Crippen molar-refractivity contribution < 1.29 is 9.90 Å². The fraction of sp³-hybridized carbons (Fsp3) is 0.100. The lowest BCUT2D eigenvalue weighted by Crippen LogP contribution is -1.99. The van der Waals surface area contributed by atoms with Gasteiger partial charge in [-0.25, -0.2) is 4.79 Å². The molecule has 0 bridgehead atoms. The van der Waals surface area contributed by atoms with Crippen molar-refractivity contribution in [2.75, 3.05) is 0 Å². The maximum atomic E-state index is 10.3. The summed E-state index contributed by atoms with van der Waals surface area (Å²) in [5.74, 6) is -1.05. The Balaban J connectivity index is 3.05. The molecule has 16 heavy (non-hydrogen) atoms. The highest BCUT2D eigenvalue weighted by molar-refractivity contribution is 6.66. The molecule has 0 aliphatic heterocycles. The number of halogens is 4. The van der Waals surface area contributed by atoms with E-state index in [0.29, 0.717) is 16.1 Å². The lowest BCUT2D eigenvalue weighted by atomic mass is 10.1. The van der Waals surface area contributed by atoms with E-state index in [0.717, 1.165) is 6.08 Å². The topological polar surface area (TPSA) is 37.3 Å². The SMILES string of the molecule is O=C(O)/C=C/c1ccc(C(Cl)(Cl)Cl)cc1Cl. The average molecular weight is 300 g/mol. The first-order valence-corrected chi connectivity index (χ1v) is 5.59. The Bertz CT molecular complexity index is 435. The first-order valence-electron chi connectivity index (χ1n) is 4.08. The second-order valence-corrected chi connectivity index (χ2v) is 5.59. The van der Waals surface area contributed by atoms with Gasteiger partial charge in [0.1, 0.15) is 0 Å². The molecule has 6 heteroatoms. The molecule has 2 nitrogen and oxygen atoms in total. The number of hydrogen-bond acceptors (Lipinski definition) is 1. The van der Waals surface area contributed by atoms with Crippen molar-refractivity contribution in [1.82, 2.24) is 0 Å². The Morgan fingerprint density at radius 3 is 2.38 bits per heavy atom. The van der Waals surface area contributed by atoms with Crippen LogP contribution in [0, 0.1) is 0 Å². The molecular weight excluding hydrogens is 294 g/mol. The van der Waals surface area contributed by atoms with Gasteiger partial charge < -0.3 is 5.11 Å². The normalized spacial score (nSPS) is 12.0. The van der Waals surface area contributed by atoms with Crippen molar-refractivity contribution in [1.29, 1.82) is 0 Å². The number of carbonyl (C=O) groups is 1. The minimum absolute atomic E-state index is 0.321. The van der Waals surface area contributed by atoms with Crippen LogP contribution < -0.4 is 0 Å². The molecule has 0 atom stereocenters. The van der Waals surface area contributed by atoms with Gasteiger partial charge in [-0.05, 0) is 17.7 Å². The van der Waals surface area contributed by atoms with Crippen LogP contribution in [0.15, 0.2) is 24.3 Å². The third-order valence-electron chi connectivity index (χ3n) is 1.73. The summed E-state index contributed by atoms with van der Waals surface area (Å²) in [6, 6.07) is 4.63. The van der Waals surface area contributed by atoms with E-state index < -0.39 is 9.76 Å². The number of aliphatic carboxylic acids is 1. The first-order chi connectivity index (χ1) is 7.30. The van der Waals surface area contributed by atoms with Crippen molar-refractivity contribution in [2.24, 2.45) is 0 Å². The van der Waals surface area contributed by atoms with Gasteiger partial charge in [0.25, 0.3) is 0 Å². The predicted molar refractivity (Wildman–Crippen MR) is 67.4 cm³/mol. The van der Waals surface area contributed by atoms with Gasteiger partial charge in [-0.3, -0.25) is 0 Å². The summed E-state index contributed by atoms with van der Waals surface area (Å²) >= 11 is 22.9. The Labute approximate surface area is 112 Å². The quantitative estimate of drug-likeness (QED) is 0.654. The van der Waals surface area contributed by atoms with Crippen LogP contribution in [0.25, 0.3) is 6.08 Å². The summed E-state index contributed by atoms with van der Waals surface area (Å²) in [7, 11) is 0. The molecule has 0 aliphatic rings. The third kappa shape index (κ3) is 3.87. The fourth-order valence-corrected chi connectivity index (χ4v) is 1.60. The molecule has 1 rings (SSSR count). The molecule has 0 amide bonds. The van der Waals surface area contributed by atoms with E-state index in [1.807, 2.05) is 0 Å².